The van der Waals surface area contributed by atoms with Crippen LogP contribution >= 0.6 is 0 Å². The van der Waals surface area contributed by atoms with E-state index in [0.29, 0.717) is 41.4 Å². The Hall–Kier alpha value is -4.91. The molecule has 2 atom stereocenters. The molecule has 0 spiro atoms. The van der Waals surface area contributed by atoms with E-state index in [2.05, 4.69) is 10.9 Å². The second-order valence-corrected chi connectivity index (χ2v) is 13.2. The monoisotopic (exact) mass is 673 g/mol. The largest absolute Gasteiger partial charge is 0.497 e. The van der Waals surface area contributed by atoms with Gasteiger partial charge in [0, 0.05) is 43.2 Å². The van der Waals surface area contributed by atoms with Crippen LogP contribution in [-0.2, 0) is 25.9 Å². The third-order valence-corrected chi connectivity index (χ3v) is 9.69. The molecule has 11 nitrogen and oxygen atoms in total. The first-order valence-electron chi connectivity index (χ1n) is 15.5. The van der Waals surface area contributed by atoms with Gasteiger partial charge in [-0.25, -0.2) is 18.8 Å². The van der Waals surface area contributed by atoms with Gasteiger partial charge in [-0.1, -0.05) is 54.6 Å². The highest BCUT2D eigenvalue weighted by molar-refractivity contribution is 7.91. The summed E-state index contributed by atoms with van der Waals surface area (Å²) in [5.41, 5.74) is 6.08. The molecule has 0 unspecified atom stereocenters. The number of methoxy groups -OCH3 is 2. The zero-order chi connectivity index (χ0) is 34.0. The zero-order valence-electron chi connectivity index (χ0n) is 26.8. The summed E-state index contributed by atoms with van der Waals surface area (Å²) in [6.45, 7) is 0.580. The molecule has 0 aliphatic carbocycles. The van der Waals surface area contributed by atoms with Crippen molar-refractivity contribution in [2.45, 2.75) is 35.9 Å². The van der Waals surface area contributed by atoms with Gasteiger partial charge in [0.25, 0.3) is 5.91 Å². The molecule has 48 heavy (non-hydrogen) atoms. The van der Waals surface area contributed by atoms with Crippen LogP contribution in [0.15, 0.2) is 113 Å². The first-order chi connectivity index (χ1) is 23.3. The first-order valence-corrected chi connectivity index (χ1v) is 17.1. The van der Waals surface area contributed by atoms with Crippen LogP contribution in [0.2, 0.25) is 0 Å². The number of ether oxygens (including phenoxy) is 4. The van der Waals surface area contributed by atoms with Crippen molar-refractivity contribution in [1.29, 1.82) is 0 Å². The van der Waals surface area contributed by atoms with Crippen LogP contribution in [0.1, 0.15) is 35.6 Å². The van der Waals surface area contributed by atoms with Gasteiger partial charge in [-0.05, 0) is 48.0 Å². The van der Waals surface area contributed by atoms with Crippen molar-refractivity contribution in [2.75, 3.05) is 33.2 Å². The van der Waals surface area contributed by atoms with Crippen molar-refractivity contribution in [3.63, 3.8) is 0 Å². The number of nitrogens with one attached hydrogen (secondary N) is 2. The summed E-state index contributed by atoms with van der Waals surface area (Å²) in [4.78, 5) is 19.4. The van der Waals surface area contributed by atoms with E-state index in [1.165, 1.54) is 12.1 Å². The number of hydrazine groups is 1. The highest BCUT2D eigenvalue weighted by atomic mass is 32.2. The molecule has 1 aliphatic heterocycles. The smallest absolute Gasteiger partial charge is 0.266 e. The molecule has 1 aliphatic rings. The molecular weight excluding hydrogens is 634 g/mol. The van der Waals surface area contributed by atoms with E-state index in [9.17, 15) is 13.2 Å². The molecule has 0 fully saturated rings. The number of aliphatic imine (C=N–C) groups is 1. The molecule has 252 valence electrons. The molecule has 3 N–H and O–H groups in total. The normalized spacial score (nSPS) is 17.2. The molecule has 12 heteroatoms. The summed E-state index contributed by atoms with van der Waals surface area (Å²) >= 11 is 0. The van der Waals surface area contributed by atoms with E-state index >= 15 is 0 Å². The topological polar surface area (TPSA) is 145 Å². The minimum atomic E-state index is -3.79. The summed E-state index contributed by atoms with van der Waals surface area (Å²) in [7, 11) is -0.683. The summed E-state index contributed by atoms with van der Waals surface area (Å²) in [6, 6.07) is 29.6. The fourth-order valence-corrected chi connectivity index (χ4v) is 6.75. The number of hydrogen-bond donors (Lipinski definition) is 3. The van der Waals surface area contributed by atoms with Crippen molar-refractivity contribution >= 4 is 21.6 Å². The van der Waals surface area contributed by atoms with Gasteiger partial charge in [0.2, 0.25) is 5.90 Å². The van der Waals surface area contributed by atoms with Crippen molar-refractivity contribution in [3.05, 3.63) is 120 Å². The number of nitrogens with zero attached hydrogens (tertiary/aromatic N) is 1. The maximum atomic E-state index is 14.4. The zero-order valence-corrected chi connectivity index (χ0v) is 27.6. The van der Waals surface area contributed by atoms with Gasteiger partial charge in [-0.15, -0.1) is 0 Å². The number of aliphatic hydroxyl groups excluding tert-OH is 1. The van der Waals surface area contributed by atoms with Crippen LogP contribution in [0.4, 0.5) is 0 Å². The molecule has 1 amide bonds. The van der Waals surface area contributed by atoms with Crippen LogP contribution in [0.25, 0.3) is 0 Å². The van der Waals surface area contributed by atoms with Gasteiger partial charge in [0.05, 0.1) is 31.5 Å². The summed E-state index contributed by atoms with van der Waals surface area (Å²) < 4.78 is 50.0. The second-order valence-electron chi connectivity index (χ2n) is 11.1. The van der Waals surface area contributed by atoms with Crippen LogP contribution < -0.4 is 25.1 Å². The van der Waals surface area contributed by atoms with Crippen LogP contribution in [0.5, 0.6) is 17.2 Å². The SMILES string of the molecule is COc1ccc(CNNC(=O)[C@@]2(CCS(=O)(=O)c3ccccc3)N=C(c3ccc(OCCCO)cc3)O[C@H]2c2ccccc2)c(OC)c1. The molecule has 5 rings (SSSR count). The Morgan fingerprint density at radius 2 is 1.60 bits per heavy atom. The average molecular weight is 674 g/mol. The quantitative estimate of drug-likeness (QED) is 0.116. The second kappa shape index (κ2) is 15.8. The lowest BCUT2D eigenvalue weighted by Gasteiger charge is -2.30. The number of carbonyl (C=O) groups excluding carboxylic acids is 1. The number of benzene rings is 4. The van der Waals surface area contributed by atoms with Gasteiger partial charge in [0.15, 0.2) is 21.5 Å². The van der Waals surface area contributed by atoms with Crippen molar-refractivity contribution < 1.29 is 37.3 Å². The number of amides is 1. The Bertz CT molecular complexity index is 1800. The Balaban J connectivity index is 1.49. The molecule has 4 aromatic carbocycles. The summed E-state index contributed by atoms with van der Waals surface area (Å²) in [5.74, 6) is 1.05. The Morgan fingerprint density at radius 1 is 0.917 bits per heavy atom. The highest BCUT2D eigenvalue weighted by Crippen LogP contribution is 2.43. The molecule has 0 bridgehead atoms. The van der Waals surface area contributed by atoms with Crippen LogP contribution in [0.3, 0.4) is 0 Å². The third-order valence-electron chi connectivity index (χ3n) is 7.96. The summed E-state index contributed by atoms with van der Waals surface area (Å²) in [5, 5.41) is 9.06. The molecule has 0 aromatic heterocycles. The predicted octanol–water partition coefficient (Wildman–Crippen LogP) is 4.41. The van der Waals surface area contributed by atoms with E-state index in [0.717, 1.165) is 5.56 Å². The van der Waals surface area contributed by atoms with Gasteiger partial charge in [-0.3, -0.25) is 10.2 Å². The minimum absolute atomic E-state index is 0.0240. The van der Waals surface area contributed by atoms with Crippen molar-refractivity contribution in [2.24, 2.45) is 4.99 Å². The van der Waals surface area contributed by atoms with Gasteiger partial charge >= 0.3 is 0 Å². The highest BCUT2D eigenvalue weighted by Gasteiger charge is 2.53. The Labute approximate surface area is 280 Å². The maximum Gasteiger partial charge on any atom is 0.266 e. The van der Waals surface area contributed by atoms with E-state index in [1.807, 2.05) is 36.4 Å². The van der Waals surface area contributed by atoms with Crippen LogP contribution in [0, 0.1) is 0 Å². The standard InChI is InChI=1S/C36H39N3O8S/c1-44-30-19-16-28(32(24-30)45-2)25-37-39-35(41)36(20-23-48(42,43)31-12-7-4-8-13-31)33(26-10-5-3-6-11-26)47-34(38-36)27-14-17-29(18-15-27)46-22-9-21-40/h3-8,10-19,24,33,37,40H,9,20-23,25H2,1-2H3,(H,39,41)/t33-,36-/m0/s1. The fraction of sp³-hybridized carbons (Fsp3) is 0.278. The van der Waals surface area contributed by atoms with E-state index < -0.39 is 27.4 Å². The molecule has 0 saturated carbocycles. The van der Waals surface area contributed by atoms with E-state index in [-0.39, 0.29) is 36.1 Å². The third kappa shape index (κ3) is 7.96. The number of sulfone groups is 1. The lowest BCUT2D eigenvalue weighted by molar-refractivity contribution is -0.130. The van der Waals surface area contributed by atoms with E-state index in [4.69, 9.17) is 29.0 Å². The average Bonchev–Trinajstić information content (AvgIpc) is 3.53. The first kappa shape index (κ1) is 34.4. The maximum absolute atomic E-state index is 14.4. The minimum Gasteiger partial charge on any atom is -0.497 e. The predicted molar refractivity (Wildman–Crippen MR) is 181 cm³/mol. The Morgan fingerprint density at radius 3 is 2.27 bits per heavy atom. The Kier molecular flexibility index (Phi) is 11.3. The molecule has 0 saturated heterocycles. The molecular formula is C36H39N3O8S. The molecule has 0 radical (unpaired) electrons. The van der Waals surface area contributed by atoms with E-state index in [1.54, 1.807) is 68.8 Å². The number of aliphatic hydroxyl groups is 1. The molecule has 4 aromatic rings. The lowest BCUT2D eigenvalue weighted by Crippen LogP contribution is -2.53. The van der Waals surface area contributed by atoms with Gasteiger partial charge < -0.3 is 24.1 Å². The lowest BCUT2D eigenvalue weighted by atomic mass is 9.85. The number of hydrogen-bond acceptors (Lipinski definition) is 10. The number of carbonyl (C=O) groups is 1. The van der Waals surface area contributed by atoms with Crippen LogP contribution in [-0.4, -0.2) is 64.1 Å². The fourth-order valence-electron chi connectivity index (χ4n) is 5.36. The van der Waals surface area contributed by atoms with Crippen molar-refractivity contribution in [3.8, 4) is 17.2 Å². The van der Waals surface area contributed by atoms with Gasteiger partial charge in [-0.2, -0.15) is 0 Å². The molecule has 1 heterocycles. The van der Waals surface area contributed by atoms with Gasteiger partial charge in [0.1, 0.15) is 17.2 Å². The summed E-state index contributed by atoms with van der Waals surface area (Å²) in [6.07, 6.45) is -0.619. The van der Waals surface area contributed by atoms with Crippen molar-refractivity contribution in [1.82, 2.24) is 10.9 Å². The number of rotatable bonds is 16.